The Kier molecular flexibility index (Phi) is 7.48. The van der Waals surface area contributed by atoms with Crippen LogP contribution in [-0.4, -0.2) is 62.1 Å². The monoisotopic (exact) mass is 378 g/mol. The standard InChI is InChI=1S/C21H34N2O4/c1-16-21(2,3)17-8-6-7-9-18(17)23(16)15-14-22(12-10-19(24)26-4)13-11-20(25)27-5/h1,6-15H2,2-5H3. The number of methoxy groups -OCH3 is 2. The van der Waals surface area contributed by atoms with Crippen LogP contribution in [0.3, 0.4) is 0 Å². The molecule has 2 rings (SSSR count). The third kappa shape index (κ3) is 5.12. The smallest absolute Gasteiger partial charge is 0.306 e. The average Bonchev–Trinajstić information content (AvgIpc) is 2.87. The molecule has 0 atom stereocenters. The van der Waals surface area contributed by atoms with E-state index >= 15 is 0 Å². The van der Waals surface area contributed by atoms with Crippen molar-refractivity contribution in [3.63, 3.8) is 0 Å². The molecule has 1 heterocycles. The SMILES string of the molecule is C=C1N(CCN(CCC(=O)OC)CCC(=O)OC)C2=C(CCCC2)C1(C)C. The topological polar surface area (TPSA) is 59.1 Å². The van der Waals surface area contributed by atoms with Crippen LogP contribution in [0, 0.1) is 5.41 Å². The molecule has 27 heavy (non-hydrogen) atoms. The predicted molar refractivity (Wildman–Crippen MR) is 105 cm³/mol. The largest absolute Gasteiger partial charge is 0.469 e. The number of allylic oxidation sites excluding steroid dienone is 2. The van der Waals surface area contributed by atoms with Gasteiger partial charge in [-0.2, -0.15) is 0 Å². The second-order valence-electron chi connectivity index (χ2n) is 7.85. The van der Waals surface area contributed by atoms with Gasteiger partial charge in [-0.25, -0.2) is 0 Å². The zero-order valence-electron chi connectivity index (χ0n) is 17.3. The van der Waals surface area contributed by atoms with Crippen LogP contribution in [0.15, 0.2) is 23.5 Å². The van der Waals surface area contributed by atoms with Crippen molar-refractivity contribution in [3.8, 4) is 0 Å². The van der Waals surface area contributed by atoms with E-state index in [0.717, 1.165) is 31.6 Å². The molecule has 6 heteroatoms. The van der Waals surface area contributed by atoms with Gasteiger partial charge in [0.2, 0.25) is 0 Å². The molecule has 0 unspecified atom stereocenters. The molecule has 6 nitrogen and oxygen atoms in total. The summed E-state index contributed by atoms with van der Waals surface area (Å²) in [5.41, 5.74) is 4.17. The summed E-state index contributed by atoms with van der Waals surface area (Å²) in [6, 6.07) is 0. The summed E-state index contributed by atoms with van der Waals surface area (Å²) >= 11 is 0. The Balaban J connectivity index is 2.01. The second-order valence-corrected chi connectivity index (χ2v) is 7.85. The lowest BCUT2D eigenvalue weighted by molar-refractivity contribution is -0.141. The van der Waals surface area contributed by atoms with Crippen LogP contribution in [0.2, 0.25) is 0 Å². The molecule has 152 valence electrons. The first kappa shape index (κ1) is 21.5. The molecule has 0 saturated heterocycles. The maximum atomic E-state index is 11.5. The van der Waals surface area contributed by atoms with Crippen molar-refractivity contribution in [1.82, 2.24) is 9.80 Å². The number of hydrogen-bond donors (Lipinski definition) is 0. The maximum Gasteiger partial charge on any atom is 0.306 e. The van der Waals surface area contributed by atoms with Gasteiger partial charge in [0.05, 0.1) is 27.1 Å². The number of esters is 2. The average molecular weight is 379 g/mol. The number of nitrogens with zero attached hydrogens (tertiary/aromatic N) is 2. The van der Waals surface area contributed by atoms with Crippen LogP contribution in [0.1, 0.15) is 52.4 Å². The molecular weight excluding hydrogens is 344 g/mol. The van der Waals surface area contributed by atoms with E-state index in [4.69, 9.17) is 9.47 Å². The molecule has 0 amide bonds. The predicted octanol–water partition coefficient (Wildman–Crippen LogP) is 3.10. The van der Waals surface area contributed by atoms with Gasteiger partial charge in [-0.3, -0.25) is 9.59 Å². The molecule has 2 aliphatic rings. The zero-order chi connectivity index (χ0) is 20.0. The fourth-order valence-corrected chi connectivity index (χ4v) is 4.08. The molecule has 0 saturated carbocycles. The Morgan fingerprint density at radius 3 is 2.15 bits per heavy atom. The van der Waals surface area contributed by atoms with E-state index in [0.29, 0.717) is 25.9 Å². The second kappa shape index (κ2) is 9.40. The lowest BCUT2D eigenvalue weighted by atomic mass is 9.79. The molecule has 0 aromatic heterocycles. The normalized spacial score (nSPS) is 18.7. The highest BCUT2D eigenvalue weighted by Gasteiger charge is 2.41. The van der Waals surface area contributed by atoms with Crippen molar-refractivity contribution in [3.05, 3.63) is 23.5 Å². The van der Waals surface area contributed by atoms with Crippen LogP contribution in [0.5, 0.6) is 0 Å². The summed E-state index contributed by atoms with van der Waals surface area (Å²) in [6.07, 6.45) is 5.39. The van der Waals surface area contributed by atoms with Gasteiger partial charge in [0.1, 0.15) is 0 Å². The van der Waals surface area contributed by atoms with Crippen LogP contribution in [-0.2, 0) is 19.1 Å². The molecule has 1 aliphatic heterocycles. The van der Waals surface area contributed by atoms with Crippen LogP contribution < -0.4 is 0 Å². The van der Waals surface area contributed by atoms with Gasteiger partial charge in [-0.1, -0.05) is 20.4 Å². The van der Waals surface area contributed by atoms with E-state index in [1.165, 1.54) is 38.3 Å². The van der Waals surface area contributed by atoms with E-state index in [1.807, 2.05) is 0 Å². The summed E-state index contributed by atoms with van der Waals surface area (Å²) in [5.74, 6) is -0.468. The fourth-order valence-electron chi connectivity index (χ4n) is 4.08. The Labute approximate surface area is 163 Å². The van der Waals surface area contributed by atoms with Crippen molar-refractivity contribution in [2.75, 3.05) is 40.4 Å². The first-order chi connectivity index (χ1) is 12.8. The highest BCUT2D eigenvalue weighted by molar-refractivity contribution is 5.70. The molecule has 0 aromatic rings. The summed E-state index contributed by atoms with van der Waals surface area (Å²) in [5, 5.41) is 0. The van der Waals surface area contributed by atoms with Crippen molar-refractivity contribution < 1.29 is 19.1 Å². The first-order valence-corrected chi connectivity index (χ1v) is 9.86. The van der Waals surface area contributed by atoms with Crippen molar-refractivity contribution in [1.29, 1.82) is 0 Å². The van der Waals surface area contributed by atoms with E-state index in [9.17, 15) is 9.59 Å². The third-order valence-electron chi connectivity index (χ3n) is 5.93. The highest BCUT2D eigenvalue weighted by atomic mass is 16.5. The zero-order valence-corrected chi connectivity index (χ0v) is 17.3. The number of hydrogen-bond acceptors (Lipinski definition) is 6. The Hall–Kier alpha value is -1.82. The fraction of sp³-hybridized carbons (Fsp3) is 0.714. The number of rotatable bonds is 9. The quantitative estimate of drug-likeness (QED) is 0.575. The van der Waals surface area contributed by atoms with E-state index in [2.05, 4.69) is 30.2 Å². The van der Waals surface area contributed by atoms with E-state index < -0.39 is 0 Å². The molecule has 1 aliphatic carbocycles. The molecule has 0 aromatic carbocycles. The van der Waals surface area contributed by atoms with Gasteiger partial charge in [0.15, 0.2) is 0 Å². The lowest BCUT2D eigenvalue weighted by Crippen LogP contribution is -2.36. The van der Waals surface area contributed by atoms with Gasteiger partial charge in [-0.15, -0.1) is 0 Å². The number of carbonyl (C=O) groups is 2. The number of carbonyl (C=O) groups excluding carboxylic acids is 2. The van der Waals surface area contributed by atoms with Gasteiger partial charge in [-0.05, 0) is 31.3 Å². The minimum absolute atomic E-state index is 0.0264. The van der Waals surface area contributed by atoms with Gasteiger partial charge < -0.3 is 19.3 Å². The van der Waals surface area contributed by atoms with Gasteiger partial charge in [0, 0.05) is 43.0 Å². The van der Waals surface area contributed by atoms with Crippen molar-refractivity contribution in [2.45, 2.75) is 52.4 Å². The van der Waals surface area contributed by atoms with Gasteiger partial charge in [0.25, 0.3) is 0 Å². The molecule has 0 spiro atoms. The van der Waals surface area contributed by atoms with Crippen LogP contribution >= 0.6 is 0 Å². The minimum Gasteiger partial charge on any atom is -0.469 e. The molecule has 0 bridgehead atoms. The molecule has 0 fully saturated rings. The van der Waals surface area contributed by atoms with Crippen LogP contribution in [0.25, 0.3) is 0 Å². The van der Waals surface area contributed by atoms with Gasteiger partial charge >= 0.3 is 11.9 Å². The van der Waals surface area contributed by atoms with E-state index in [1.54, 1.807) is 0 Å². The molecular formula is C21H34N2O4. The first-order valence-electron chi connectivity index (χ1n) is 9.86. The Bertz CT molecular complexity index is 589. The van der Waals surface area contributed by atoms with Crippen molar-refractivity contribution >= 4 is 11.9 Å². The summed E-state index contributed by atoms with van der Waals surface area (Å²) in [6.45, 7) is 11.6. The lowest BCUT2D eigenvalue weighted by Gasteiger charge is -2.31. The minimum atomic E-state index is -0.234. The molecule has 0 radical (unpaired) electrons. The Morgan fingerprint density at radius 2 is 1.59 bits per heavy atom. The maximum absolute atomic E-state index is 11.5. The highest BCUT2D eigenvalue weighted by Crippen LogP contribution is 2.50. The summed E-state index contributed by atoms with van der Waals surface area (Å²) < 4.78 is 9.50. The third-order valence-corrected chi connectivity index (χ3v) is 5.93. The van der Waals surface area contributed by atoms with E-state index in [-0.39, 0.29) is 17.4 Å². The summed E-state index contributed by atoms with van der Waals surface area (Å²) in [4.78, 5) is 27.6. The van der Waals surface area contributed by atoms with Crippen molar-refractivity contribution in [2.24, 2.45) is 5.41 Å². The Morgan fingerprint density at radius 1 is 1.04 bits per heavy atom. The molecule has 0 N–H and O–H groups in total. The number of ether oxygens (including phenoxy) is 2. The summed E-state index contributed by atoms with van der Waals surface area (Å²) in [7, 11) is 2.79. The van der Waals surface area contributed by atoms with Crippen LogP contribution in [0.4, 0.5) is 0 Å².